The van der Waals surface area contributed by atoms with Gasteiger partial charge in [-0.15, -0.1) is 21.5 Å². The lowest BCUT2D eigenvalue weighted by Crippen LogP contribution is -2.36. The average molecular weight is 431 g/mol. The molecule has 0 atom stereocenters. The van der Waals surface area contributed by atoms with Crippen LogP contribution in [0.1, 0.15) is 41.9 Å². The molecule has 0 bridgehead atoms. The van der Waals surface area contributed by atoms with Crippen molar-refractivity contribution in [2.75, 3.05) is 26.3 Å². The number of thiophene rings is 1. The van der Waals surface area contributed by atoms with Gasteiger partial charge in [0.25, 0.3) is 0 Å². The molecule has 29 heavy (non-hydrogen) atoms. The fourth-order valence-electron chi connectivity index (χ4n) is 4.16. The highest BCUT2D eigenvalue weighted by Gasteiger charge is 2.24. The molecule has 2 aliphatic rings. The standard InChI is InChI=1S/C20H26N6OS2/c1-3-26-13(2)23-24-20(26)29-19-17-14-6-4-5-7-15(14)28-18(17)21-16(22-19)12-25-8-10-27-11-9-25/h3-12H2,1-2H3. The first kappa shape index (κ1) is 19.4. The Morgan fingerprint density at radius 2 is 1.93 bits per heavy atom. The molecule has 9 heteroatoms. The Balaban J connectivity index is 1.57. The second kappa shape index (κ2) is 8.29. The van der Waals surface area contributed by atoms with Gasteiger partial charge in [0, 0.05) is 29.9 Å². The van der Waals surface area contributed by atoms with Crippen molar-refractivity contribution in [1.82, 2.24) is 29.6 Å². The molecule has 0 saturated carbocycles. The quantitative estimate of drug-likeness (QED) is 0.574. The third-order valence-corrected chi connectivity index (χ3v) is 7.86. The molecule has 0 spiro atoms. The second-order valence-corrected chi connectivity index (χ2v) is 9.64. The molecule has 1 aliphatic carbocycles. The van der Waals surface area contributed by atoms with E-state index in [-0.39, 0.29) is 0 Å². The van der Waals surface area contributed by atoms with Crippen LogP contribution in [0, 0.1) is 6.92 Å². The molecule has 7 nitrogen and oxygen atoms in total. The van der Waals surface area contributed by atoms with Crippen molar-refractivity contribution in [2.24, 2.45) is 0 Å². The number of rotatable bonds is 5. The highest BCUT2D eigenvalue weighted by atomic mass is 32.2. The summed E-state index contributed by atoms with van der Waals surface area (Å²) in [6.45, 7) is 9.22. The fourth-order valence-corrected chi connectivity index (χ4v) is 6.60. The van der Waals surface area contributed by atoms with E-state index in [1.165, 1.54) is 35.1 Å². The van der Waals surface area contributed by atoms with Gasteiger partial charge in [0.1, 0.15) is 21.5 Å². The lowest BCUT2D eigenvalue weighted by Gasteiger charge is -2.25. The van der Waals surface area contributed by atoms with Gasteiger partial charge in [0.15, 0.2) is 5.16 Å². The molecule has 5 rings (SSSR count). The third-order valence-electron chi connectivity index (χ3n) is 5.70. The van der Waals surface area contributed by atoms with Crippen LogP contribution in [0.2, 0.25) is 0 Å². The number of hydrogen-bond donors (Lipinski definition) is 0. The van der Waals surface area contributed by atoms with Gasteiger partial charge in [-0.2, -0.15) is 0 Å². The smallest absolute Gasteiger partial charge is 0.197 e. The Hall–Kier alpha value is -1.55. The van der Waals surface area contributed by atoms with E-state index >= 15 is 0 Å². The van der Waals surface area contributed by atoms with E-state index < -0.39 is 0 Å². The van der Waals surface area contributed by atoms with E-state index in [1.54, 1.807) is 11.8 Å². The molecular formula is C20H26N6OS2. The van der Waals surface area contributed by atoms with Crippen LogP contribution < -0.4 is 0 Å². The van der Waals surface area contributed by atoms with E-state index in [2.05, 4.69) is 26.6 Å². The number of fused-ring (bicyclic) bond motifs is 3. The minimum atomic E-state index is 0.773. The van der Waals surface area contributed by atoms with Crippen molar-refractivity contribution in [2.45, 2.75) is 62.8 Å². The SMILES string of the molecule is CCn1c(C)nnc1Sc1nc(CN2CCOCC2)nc2sc3c(c12)CCCC3. The summed E-state index contributed by atoms with van der Waals surface area (Å²) in [6.07, 6.45) is 4.83. The van der Waals surface area contributed by atoms with Crippen LogP contribution in [0.4, 0.5) is 0 Å². The molecule has 1 aliphatic heterocycles. The maximum atomic E-state index is 5.49. The van der Waals surface area contributed by atoms with Gasteiger partial charge in [0.05, 0.1) is 19.8 Å². The molecule has 0 unspecified atom stereocenters. The van der Waals surface area contributed by atoms with E-state index in [0.29, 0.717) is 0 Å². The molecule has 0 N–H and O–H groups in total. The van der Waals surface area contributed by atoms with Crippen molar-refractivity contribution in [3.8, 4) is 0 Å². The second-order valence-electron chi connectivity index (χ2n) is 7.60. The van der Waals surface area contributed by atoms with Crippen molar-refractivity contribution in [3.05, 3.63) is 22.1 Å². The van der Waals surface area contributed by atoms with Gasteiger partial charge in [0.2, 0.25) is 0 Å². The molecular weight excluding hydrogens is 404 g/mol. The van der Waals surface area contributed by atoms with E-state index in [4.69, 9.17) is 14.7 Å². The van der Waals surface area contributed by atoms with Crippen molar-refractivity contribution >= 4 is 33.3 Å². The molecule has 3 aromatic heterocycles. The molecule has 4 heterocycles. The average Bonchev–Trinajstić information content (AvgIpc) is 3.28. The lowest BCUT2D eigenvalue weighted by atomic mass is 9.97. The Morgan fingerprint density at radius 3 is 2.76 bits per heavy atom. The maximum Gasteiger partial charge on any atom is 0.197 e. The van der Waals surface area contributed by atoms with Crippen LogP contribution in [0.15, 0.2) is 10.2 Å². The third kappa shape index (κ3) is 3.81. The van der Waals surface area contributed by atoms with Gasteiger partial charge in [-0.05, 0) is 56.9 Å². The van der Waals surface area contributed by atoms with Crippen LogP contribution in [0.25, 0.3) is 10.2 Å². The van der Waals surface area contributed by atoms with E-state index in [0.717, 1.165) is 72.5 Å². The summed E-state index contributed by atoms with van der Waals surface area (Å²) < 4.78 is 7.64. The topological polar surface area (TPSA) is 69.0 Å². The number of aryl methyl sites for hydroxylation is 3. The van der Waals surface area contributed by atoms with Gasteiger partial charge in [-0.25, -0.2) is 9.97 Å². The van der Waals surface area contributed by atoms with Crippen molar-refractivity contribution in [1.29, 1.82) is 0 Å². The first-order valence-electron chi connectivity index (χ1n) is 10.4. The number of ether oxygens (including phenoxy) is 1. The van der Waals surface area contributed by atoms with Crippen LogP contribution in [-0.2, 0) is 30.7 Å². The zero-order valence-electron chi connectivity index (χ0n) is 17.0. The van der Waals surface area contributed by atoms with Crippen LogP contribution in [0.5, 0.6) is 0 Å². The molecule has 154 valence electrons. The molecule has 3 aromatic rings. The van der Waals surface area contributed by atoms with Crippen molar-refractivity contribution < 1.29 is 4.74 Å². The first-order chi connectivity index (χ1) is 14.2. The van der Waals surface area contributed by atoms with E-state index in [9.17, 15) is 0 Å². The first-order valence-corrected chi connectivity index (χ1v) is 12.0. The normalized spacial score (nSPS) is 17.7. The highest BCUT2D eigenvalue weighted by Crippen LogP contribution is 2.41. The van der Waals surface area contributed by atoms with Gasteiger partial charge >= 0.3 is 0 Å². The molecule has 0 radical (unpaired) electrons. The minimum absolute atomic E-state index is 0.773. The maximum absolute atomic E-state index is 5.49. The summed E-state index contributed by atoms with van der Waals surface area (Å²) in [6, 6.07) is 0. The van der Waals surface area contributed by atoms with Crippen LogP contribution in [-0.4, -0.2) is 55.9 Å². The molecule has 1 fully saturated rings. The lowest BCUT2D eigenvalue weighted by molar-refractivity contribution is 0.0330. The Morgan fingerprint density at radius 1 is 1.10 bits per heavy atom. The zero-order valence-corrected chi connectivity index (χ0v) is 18.6. The zero-order chi connectivity index (χ0) is 19.8. The van der Waals surface area contributed by atoms with Gasteiger partial charge in [-0.1, -0.05) is 0 Å². The summed E-state index contributed by atoms with van der Waals surface area (Å²) >= 11 is 3.51. The summed E-state index contributed by atoms with van der Waals surface area (Å²) in [5.74, 6) is 1.85. The summed E-state index contributed by atoms with van der Waals surface area (Å²) in [5, 5.41) is 11.9. The minimum Gasteiger partial charge on any atom is -0.379 e. The predicted octanol–water partition coefficient (Wildman–Crippen LogP) is 3.47. The Bertz CT molecular complexity index is 1020. The summed E-state index contributed by atoms with van der Waals surface area (Å²) in [4.78, 5) is 15.1. The summed E-state index contributed by atoms with van der Waals surface area (Å²) in [5.41, 5.74) is 1.47. The largest absolute Gasteiger partial charge is 0.379 e. The molecule has 1 saturated heterocycles. The number of morpholine rings is 1. The van der Waals surface area contributed by atoms with E-state index in [1.807, 2.05) is 18.3 Å². The molecule has 0 amide bonds. The highest BCUT2D eigenvalue weighted by molar-refractivity contribution is 7.99. The summed E-state index contributed by atoms with van der Waals surface area (Å²) in [7, 11) is 0. The van der Waals surface area contributed by atoms with Crippen LogP contribution in [0.3, 0.4) is 0 Å². The monoisotopic (exact) mass is 430 g/mol. The number of nitrogens with zero attached hydrogens (tertiary/aromatic N) is 6. The Kier molecular flexibility index (Phi) is 5.55. The van der Waals surface area contributed by atoms with Crippen molar-refractivity contribution in [3.63, 3.8) is 0 Å². The Labute approximate surface area is 178 Å². The van der Waals surface area contributed by atoms with Gasteiger partial charge < -0.3 is 9.30 Å². The van der Waals surface area contributed by atoms with Gasteiger partial charge in [-0.3, -0.25) is 4.90 Å². The fraction of sp³-hybridized carbons (Fsp3) is 0.600. The number of hydrogen-bond acceptors (Lipinski definition) is 8. The number of aromatic nitrogens is 5. The van der Waals surface area contributed by atoms with Crippen LogP contribution >= 0.6 is 23.1 Å². The molecule has 0 aromatic carbocycles. The predicted molar refractivity (Wildman–Crippen MR) is 115 cm³/mol.